The Morgan fingerprint density at radius 2 is 1.88 bits per heavy atom. The number of carbonyl (C=O) groups excluding carboxylic acids is 2. The molecule has 0 atom stereocenters. The van der Waals surface area contributed by atoms with Crippen molar-refractivity contribution in [3.05, 3.63) is 54.0 Å². The molecule has 1 saturated carbocycles. The molecule has 3 rings (SSSR count). The van der Waals surface area contributed by atoms with Gasteiger partial charge in [0.2, 0.25) is 0 Å². The average Bonchev–Trinajstić information content (AvgIpc) is 3.13. The van der Waals surface area contributed by atoms with E-state index in [1.54, 1.807) is 24.3 Å². The maximum absolute atomic E-state index is 13.3. The Hall–Kier alpha value is -3.16. The van der Waals surface area contributed by atoms with Gasteiger partial charge in [-0.15, -0.1) is 0 Å². The predicted molar refractivity (Wildman–Crippen MR) is 95.3 cm³/mol. The highest BCUT2D eigenvalue weighted by molar-refractivity contribution is 6.00. The van der Waals surface area contributed by atoms with E-state index in [1.165, 1.54) is 18.3 Å². The van der Waals surface area contributed by atoms with Crippen LogP contribution in [0.3, 0.4) is 0 Å². The topological polar surface area (TPSA) is 95.2 Å². The fourth-order valence-electron chi connectivity index (χ4n) is 2.86. The molecular formula is C18H20FN5O2. The Kier molecular flexibility index (Phi) is 5.62. The number of nitrogens with zero attached hydrogens (tertiary/aromatic N) is 1. The molecule has 0 aliphatic heterocycles. The second kappa shape index (κ2) is 8.28. The van der Waals surface area contributed by atoms with Crippen LogP contribution in [0.2, 0.25) is 0 Å². The lowest BCUT2D eigenvalue weighted by atomic mass is 10.2. The minimum absolute atomic E-state index is 0.149. The number of urea groups is 1. The monoisotopic (exact) mass is 357 g/mol. The van der Waals surface area contributed by atoms with Crippen LogP contribution in [0.5, 0.6) is 0 Å². The molecule has 1 aromatic heterocycles. The molecule has 0 spiro atoms. The van der Waals surface area contributed by atoms with Gasteiger partial charge in [0.1, 0.15) is 11.6 Å². The quantitative estimate of drug-likeness (QED) is 0.633. The summed E-state index contributed by atoms with van der Waals surface area (Å²) in [5, 5.41) is 5.71. The summed E-state index contributed by atoms with van der Waals surface area (Å²) in [6, 6.07) is 8.69. The van der Waals surface area contributed by atoms with Gasteiger partial charge < -0.3 is 10.6 Å². The number of nitrogens with one attached hydrogen (secondary N) is 4. The van der Waals surface area contributed by atoms with E-state index in [0.29, 0.717) is 5.69 Å². The van der Waals surface area contributed by atoms with Crippen molar-refractivity contribution in [1.82, 2.24) is 21.2 Å². The lowest BCUT2D eigenvalue weighted by Crippen LogP contribution is -2.49. The van der Waals surface area contributed by atoms with E-state index >= 15 is 0 Å². The zero-order chi connectivity index (χ0) is 18.4. The first-order valence-corrected chi connectivity index (χ1v) is 8.46. The second-order valence-corrected chi connectivity index (χ2v) is 6.07. The summed E-state index contributed by atoms with van der Waals surface area (Å²) < 4.78 is 13.3. The third-order valence-electron chi connectivity index (χ3n) is 4.12. The van der Waals surface area contributed by atoms with Crippen molar-refractivity contribution in [2.24, 2.45) is 0 Å². The van der Waals surface area contributed by atoms with Gasteiger partial charge in [-0.3, -0.25) is 10.2 Å². The molecule has 136 valence electrons. The van der Waals surface area contributed by atoms with E-state index in [-0.39, 0.29) is 17.4 Å². The largest absolute Gasteiger partial charge is 0.339 e. The highest BCUT2D eigenvalue weighted by Crippen LogP contribution is 2.19. The molecule has 0 saturated heterocycles. The number of benzene rings is 1. The number of amides is 3. The zero-order valence-corrected chi connectivity index (χ0v) is 14.1. The molecule has 0 bridgehead atoms. The van der Waals surface area contributed by atoms with E-state index in [4.69, 9.17) is 0 Å². The van der Waals surface area contributed by atoms with Crippen LogP contribution in [0.4, 0.5) is 20.7 Å². The fraction of sp³-hybridized carbons (Fsp3) is 0.278. The third kappa shape index (κ3) is 4.69. The number of halogens is 1. The van der Waals surface area contributed by atoms with Crippen molar-refractivity contribution in [2.75, 3.05) is 5.32 Å². The average molecular weight is 357 g/mol. The van der Waals surface area contributed by atoms with Crippen LogP contribution in [-0.2, 0) is 0 Å². The van der Waals surface area contributed by atoms with Gasteiger partial charge in [0.25, 0.3) is 5.91 Å². The molecule has 1 aliphatic rings. The van der Waals surface area contributed by atoms with Gasteiger partial charge in [0, 0.05) is 17.9 Å². The van der Waals surface area contributed by atoms with E-state index in [1.807, 2.05) is 0 Å². The third-order valence-corrected chi connectivity index (χ3v) is 4.12. The number of rotatable bonds is 4. The van der Waals surface area contributed by atoms with Crippen molar-refractivity contribution in [1.29, 1.82) is 0 Å². The smallest absolute Gasteiger partial charge is 0.333 e. The number of hydrogen-bond donors (Lipinski definition) is 4. The van der Waals surface area contributed by atoms with E-state index in [0.717, 1.165) is 25.7 Å². The first-order valence-electron chi connectivity index (χ1n) is 8.46. The summed E-state index contributed by atoms with van der Waals surface area (Å²) in [6.45, 7) is 0. The molecular weight excluding hydrogens is 337 g/mol. The van der Waals surface area contributed by atoms with Crippen LogP contribution in [0.15, 0.2) is 42.6 Å². The van der Waals surface area contributed by atoms with E-state index < -0.39 is 17.8 Å². The summed E-state index contributed by atoms with van der Waals surface area (Å²) in [6.07, 6.45) is 5.61. The van der Waals surface area contributed by atoms with Crippen molar-refractivity contribution in [3.63, 3.8) is 0 Å². The number of hydrazine groups is 1. The summed E-state index contributed by atoms with van der Waals surface area (Å²) >= 11 is 0. The first kappa shape index (κ1) is 17.7. The fourth-order valence-corrected chi connectivity index (χ4v) is 2.86. The Bertz CT molecular complexity index is 793. The maximum Gasteiger partial charge on any atom is 0.333 e. The lowest BCUT2D eigenvalue weighted by Gasteiger charge is -2.14. The molecule has 0 unspecified atom stereocenters. The Labute approximate surface area is 150 Å². The standard InChI is InChI=1S/C18H20FN5O2/c19-12-5-3-8-14(11-12)21-16-15(9-4-10-20-16)17(25)23-24-18(26)22-13-6-1-2-7-13/h3-5,8-11,13H,1-2,6-7H2,(H,20,21)(H,23,25)(H2,22,24,26). The van der Waals surface area contributed by atoms with Crippen LogP contribution < -0.4 is 21.5 Å². The van der Waals surface area contributed by atoms with Gasteiger partial charge in [-0.25, -0.2) is 19.6 Å². The van der Waals surface area contributed by atoms with Gasteiger partial charge >= 0.3 is 6.03 Å². The molecule has 7 nitrogen and oxygen atoms in total. The summed E-state index contributed by atoms with van der Waals surface area (Å²) in [4.78, 5) is 28.3. The molecule has 8 heteroatoms. The van der Waals surface area contributed by atoms with Gasteiger partial charge in [0.05, 0.1) is 5.56 Å². The SMILES string of the molecule is O=C(NNC(=O)c1cccnc1Nc1cccc(F)c1)NC1CCCC1. The maximum atomic E-state index is 13.3. The molecule has 2 aromatic rings. The number of carbonyl (C=O) groups is 2. The first-order chi connectivity index (χ1) is 12.6. The van der Waals surface area contributed by atoms with Crippen LogP contribution in [-0.4, -0.2) is 23.0 Å². The van der Waals surface area contributed by atoms with E-state index in [9.17, 15) is 14.0 Å². The second-order valence-electron chi connectivity index (χ2n) is 6.07. The van der Waals surface area contributed by atoms with E-state index in [2.05, 4.69) is 26.5 Å². The van der Waals surface area contributed by atoms with Crippen molar-refractivity contribution < 1.29 is 14.0 Å². The molecule has 26 heavy (non-hydrogen) atoms. The number of anilines is 2. The Balaban J connectivity index is 1.61. The van der Waals surface area contributed by atoms with Crippen molar-refractivity contribution >= 4 is 23.4 Å². The Morgan fingerprint density at radius 1 is 1.08 bits per heavy atom. The molecule has 3 amide bonds. The van der Waals surface area contributed by atoms with Crippen LogP contribution in [0.25, 0.3) is 0 Å². The summed E-state index contributed by atoms with van der Waals surface area (Å²) in [5.74, 6) is -0.672. The lowest BCUT2D eigenvalue weighted by molar-refractivity contribution is 0.0936. The van der Waals surface area contributed by atoms with Crippen LogP contribution in [0, 0.1) is 5.82 Å². The van der Waals surface area contributed by atoms with Gasteiger partial charge in [-0.2, -0.15) is 0 Å². The highest BCUT2D eigenvalue weighted by Gasteiger charge is 2.18. The van der Waals surface area contributed by atoms with Crippen molar-refractivity contribution in [3.8, 4) is 0 Å². The number of pyridine rings is 1. The molecule has 0 radical (unpaired) electrons. The normalized spacial score (nSPS) is 13.9. The minimum atomic E-state index is -0.529. The zero-order valence-electron chi connectivity index (χ0n) is 14.1. The summed E-state index contributed by atoms with van der Waals surface area (Å²) in [5.41, 5.74) is 5.38. The van der Waals surface area contributed by atoms with Crippen LogP contribution in [0.1, 0.15) is 36.0 Å². The molecule has 1 fully saturated rings. The highest BCUT2D eigenvalue weighted by atomic mass is 19.1. The summed E-state index contributed by atoms with van der Waals surface area (Å²) in [7, 11) is 0. The molecule has 1 aliphatic carbocycles. The molecule has 1 aromatic carbocycles. The molecule has 4 N–H and O–H groups in total. The van der Waals surface area contributed by atoms with Gasteiger partial charge in [-0.05, 0) is 43.2 Å². The van der Waals surface area contributed by atoms with Crippen molar-refractivity contribution in [2.45, 2.75) is 31.7 Å². The van der Waals surface area contributed by atoms with Gasteiger partial charge in [0.15, 0.2) is 0 Å². The minimum Gasteiger partial charge on any atom is -0.339 e. The predicted octanol–water partition coefficient (Wildman–Crippen LogP) is 2.85. The number of aromatic nitrogens is 1. The van der Waals surface area contributed by atoms with Gasteiger partial charge in [-0.1, -0.05) is 18.9 Å². The van der Waals surface area contributed by atoms with Crippen LogP contribution >= 0.6 is 0 Å². The molecule has 1 heterocycles. The Morgan fingerprint density at radius 3 is 2.65 bits per heavy atom. The number of hydrogen-bond acceptors (Lipinski definition) is 4.